The molecular formula is C32H39N5O5S. The number of hydrazine groups is 1. The number of methoxy groups -OCH3 is 2. The lowest BCUT2D eigenvalue weighted by Gasteiger charge is -2.44. The molecule has 3 aromatic rings. The number of hydrogen-bond acceptors (Lipinski definition) is 8. The van der Waals surface area contributed by atoms with Crippen molar-refractivity contribution in [2.75, 3.05) is 59.4 Å². The van der Waals surface area contributed by atoms with Crippen molar-refractivity contribution in [3.63, 3.8) is 0 Å². The monoisotopic (exact) mass is 605 g/mol. The van der Waals surface area contributed by atoms with E-state index in [1.165, 1.54) is 9.42 Å². The molecule has 6 rings (SSSR count). The molecule has 43 heavy (non-hydrogen) atoms. The highest BCUT2D eigenvalue weighted by atomic mass is 32.2. The Labute approximate surface area is 253 Å². The zero-order valence-electron chi connectivity index (χ0n) is 25.2. The van der Waals surface area contributed by atoms with E-state index in [2.05, 4.69) is 0 Å². The van der Waals surface area contributed by atoms with Gasteiger partial charge in [-0.2, -0.15) is 19.5 Å². The summed E-state index contributed by atoms with van der Waals surface area (Å²) in [6, 6.07) is 16.9. The third-order valence-electron chi connectivity index (χ3n) is 8.95. The van der Waals surface area contributed by atoms with Crippen molar-refractivity contribution in [2.45, 2.75) is 30.6 Å². The van der Waals surface area contributed by atoms with Crippen LogP contribution >= 0.6 is 0 Å². The minimum Gasteiger partial charge on any atom is -0.493 e. The van der Waals surface area contributed by atoms with Gasteiger partial charge in [-0.25, -0.2) is 8.42 Å². The van der Waals surface area contributed by atoms with Gasteiger partial charge in [0, 0.05) is 74.1 Å². The first kappa shape index (κ1) is 29.4. The topological polar surface area (TPSA) is 95.0 Å². The van der Waals surface area contributed by atoms with Gasteiger partial charge in [0.15, 0.2) is 11.5 Å². The SMILES string of the molecule is COc1ccc(C2=NN(N3CCN(S(=O)(=O)c4cccc5c(N(C)C)cccc45)CC3)C(=O)C3CCCCC23)cc1OC. The Morgan fingerprint density at radius 3 is 2.21 bits per heavy atom. The van der Waals surface area contributed by atoms with Crippen LogP contribution in [0.15, 0.2) is 64.6 Å². The van der Waals surface area contributed by atoms with Crippen molar-refractivity contribution in [1.29, 1.82) is 0 Å². The molecule has 2 fully saturated rings. The fourth-order valence-electron chi connectivity index (χ4n) is 6.72. The molecule has 1 aliphatic carbocycles. The number of nitrogens with zero attached hydrogens (tertiary/aromatic N) is 5. The Morgan fingerprint density at radius 2 is 1.51 bits per heavy atom. The van der Waals surface area contributed by atoms with E-state index < -0.39 is 10.0 Å². The molecule has 0 bridgehead atoms. The van der Waals surface area contributed by atoms with Gasteiger partial charge in [0.25, 0.3) is 5.91 Å². The third kappa shape index (κ3) is 5.23. The average Bonchev–Trinajstić information content (AvgIpc) is 3.04. The van der Waals surface area contributed by atoms with Gasteiger partial charge in [-0.3, -0.25) is 4.79 Å². The van der Waals surface area contributed by atoms with E-state index in [1.54, 1.807) is 26.4 Å². The van der Waals surface area contributed by atoms with Crippen molar-refractivity contribution in [3.05, 3.63) is 60.2 Å². The van der Waals surface area contributed by atoms with Crippen LogP contribution in [0, 0.1) is 11.8 Å². The maximum absolute atomic E-state index is 13.9. The van der Waals surface area contributed by atoms with Crippen LogP contribution in [0.4, 0.5) is 5.69 Å². The third-order valence-corrected chi connectivity index (χ3v) is 10.9. The van der Waals surface area contributed by atoms with E-state index in [4.69, 9.17) is 14.6 Å². The van der Waals surface area contributed by atoms with Gasteiger partial charge < -0.3 is 14.4 Å². The van der Waals surface area contributed by atoms with Crippen LogP contribution in [-0.4, -0.2) is 89.0 Å². The largest absolute Gasteiger partial charge is 0.493 e. The van der Waals surface area contributed by atoms with Gasteiger partial charge in [-0.05, 0) is 43.2 Å². The van der Waals surface area contributed by atoms with Gasteiger partial charge in [0.2, 0.25) is 10.0 Å². The number of ether oxygens (including phenoxy) is 2. The number of sulfonamides is 1. The van der Waals surface area contributed by atoms with E-state index in [0.717, 1.165) is 48.0 Å². The van der Waals surface area contributed by atoms with E-state index in [-0.39, 0.29) is 30.8 Å². The van der Waals surface area contributed by atoms with E-state index in [0.29, 0.717) is 34.9 Å². The number of carbonyl (C=O) groups is 1. The molecule has 0 aromatic heterocycles. The Balaban J connectivity index is 1.27. The molecule has 10 nitrogen and oxygen atoms in total. The standard InChI is InChI=1S/C32H39N5O5S/c1-34(2)27-13-7-12-24-23(27)11-8-14-30(24)43(39,40)36-19-17-35(18-20-36)37-32(38)26-10-6-5-9-25(26)31(33-37)22-15-16-28(41-3)29(21-22)42-4/h7-8,11-16,21,25-26H,5-6,9-10,17-20H2,1-4H3. The van der Waals surface area contributed by atoms with Crippen LogP contribution < -0.4 is 14.4 Å². The predicted octanol–water partition coefficient (Wildman–Crippen LogP) is 4.20. The van der Waals surface area contributed by atoms with E-state index in [9.17, 15) is 13.2 Å². The molecule has 0 N–H and O–H groups in total. The number of fused-ring (bicyclic) bond motifs is 2. The molecule has 1 amide bonds. The van der Waals surface area contributed by atoms with Crippen molar-refractivity contribution in [1.82, 2.24) is 14.4 Å². The van der Waals surface area contributed by atoms with Gasteiger partial charge in [0.05, 0.1) is 24.8 Å². The molecule has 3 aromatic carbocycles. The minimum atomic E-state index is -3.76. The van der Waals surface area contributed by atoms with Gasteiger partial charge in [-0.15, -0.1) is 0 Å². The quantitative estimate of drug-likeness (QED) is 0.399. The van der Waals surface area contributed by atoms with Crippen LogP contribution in [0.25, 0.3) is 10.8 Å². The van der Waals surface area contributed by atoms with E-state index in [1.807, 2.05) is 66.5 Å². The van der Waals surface area contributed by atoms with Crippen molar-refractivity contribution >= 4 is 38.1 Å². The van der Waals surface area contributed by atoms with Crippen LogP contribution in [-0.2, 0) is 14.8 Å². The normalized spacial score (nSPS) is 21.8. The summed E-state index contributed by atoms with van der Waals surface area (Å²) in [7, 11) is 3.35. The fourth-order valence-corrected chi connectivity index (χ4v) is 8.35. The molecule has 1 saturated heterocycles. The number of anilines is 1. The minimum absolute atomic E-state index is 0.00416. The summed E-state index contributed by atoms with van der Waals surface area (Å²) in [5.74, 6) is 1.13. The van der Waals surface area contributed by atoms with Crippen molar-refractivity contribution < 1.29 is 22.7 Å². The number of benzene rings is 3. The zero-order chi connectivity index (χ0) is 30.3. The van der Waals surface area contributed by atoms with Gasteiger partial charge >= 0.3 is 0 Å². The van der Waals surface area contributed by atoms with Gasteiger partial charge in [0.1, 0.15) is 0 Å². The lowest BCUT2D eigenvalue weighted by Crippen LogP contribution is -2.58. The maximum Gasteiger partial charge on any atom is 0.261 e. The van der Waals surface area contributed by atoms with Crippen LogP contribution in [0.3, 0.4) is 0 Å². The van der Waals surface area contributed by atoms with Gasteiger partial charge in [-0.1, -0.05) is 37.1 Å². The smallest absolute Gasteiger partial charge is 0.261 e. The maximum atomic E-state index is 13.9. The number of amides is 1. The van der Waals surface area contributed by atoms with Crippen LogP contribution in [0.1, 0.15) is 31.2 Å². The summed E-state index contributed by atoms with van der Waals surface area (Å²) >= 11 is 0. The first-order valence-corrected chi connectivity index (χ1v) is 16.3. The summed E-state index contributed by atoms with van der Waals surface area (Å²) in [6.45, 7) is 1.23. The Kier molecular flexibility index (Phi) is 8.06. The summed E-state index contributed by atoms with van der Waals surface area (Å²) in [5, 5.41) is 9.95. The first-order valence-electron chi connectivity index (χ1n) is 14.8. The number of hydrogen-bond donors (Lipinski definition) is 0. The second kappa shape index (κ2) is 11.8. The molecule has 2 atom stereocenters. The number of piperazine rings is 1. The highest BCUT2D eigenvalue weighted by Crippen LogP contribution is 2.40. The zero-order valence-corrected chi connectivity index (χ0v) is 26.0. The fraction of sp³-hybridized carbons (Fsp3) is 0.438. The lowest BCUT2D eigenvalue weighted by atomic mass is 9.73. The Bertz CT molecular complexity index is 1670. The molecule has 228 valence electrons. The predicted molar refractivity (Wildman–Crippen MR) is 167 cm³/mol. The van der Waals surface area contributed by atoms with Crippen LogP contribution in [0.5, 0.6) is 11.5 Å². The first-order chi connectivity index (χ1) is 20.7. The van der Waals surface area contributed by atoms with Crippen LogP contribution in [0.2, 0.25) is 0 Å². The molecule has 2 unspecified atom stereocenters. The van der Waals surface area contributed by atoms with Crippen molar-refractivity contribution in [2.24, 2.45) is 16.9 Å². The highest BCUT2D eigenvalue weighted by molar-refractivity contribution is 7.89. The highest BCUT2D eigenvalue weighted by Gasteiger charge is 2.44. The number of hydrazone groups is 1. The molecule has 2 heterocycles. The average molecular weight is 606 g/mol. The second-order valence-electron chi connectivity index (χ2n) is 11.6. The summed E-state index contributed by atoms with van der Waals surface area (Å²) in [6.07, 6.45) is 3.79. The summed E-state index contributed by atoms with van der Waals surface area (Å²) in [5.41, 5.74) is 2.74. The Hall–Kier alpha value is -3.67. The Morgan fingerprint density at radius 1 is 0.837 bits per heavy atom. The summed E-state index contributed by atoms with van der Waals surface area (Å²) in [4.78, 5) is 16.1. The number of rotatable bonds is 7. The molecule has 0 radical (unpaired) electrons. The molecule has 11 heteroatoms. The lowest BCUT2D eigenvalue weighted by molar-refractivity contribution is -0.160. The second-order valence-corrected chi connectivity index (χ2v) is 13.5. The number of carbonyl (C=O) groups excluding carboxylic acids is 1. The van der Waals surface area contributed by atoms with E-state index >= 15 is 0 Å². The molecule has 1 saturated carbocycles. The molecule has 0 spiro atoms. The summed E-state index contributed by atoms with van der Waals surface area (Å²) < 4.78 is 40.4. The van der Waals surface area contributed by atoms with Crippen molar-refractivity contribution in [3.8, 4) is 11.5 Å². The molecular weight excluding hydrogens is 566 g/mol. The molecule has 2 aliphatic heterocycles. The molecule has 3 aliphatic rings.